The summed E-state index contributed by atoms with van der Waals surface area (Å²) in [4.78, 5) is 2.55. The maximum Gasteiger partial charge on any atom is 0.0768 e. The average molecular weight is 254 g/mol. The van der Waals surface area contributed by atoms with Crippen molar-refractivity contribution in [3.8, 4) is 0 Å². The molecule has 18 heavy (non-hydrogen) atoms. The maximum atomic E-state index is 10.5. The standard InChI is InChI=1S/C15H30N2O/c1-12(2)15(3,18)11-17(14-6-7-14)10-13-5-4-8-16-9-13/h12-14,16,18H,4-11H2,1-3H3. The normalized spacial score (nSPS) is 28.7. The van der Waals surface area contributed by atoms with Crippen molar-refractivity contribution in [1.82, 2.24) is 10.2 Å². The van der Waals surface area contributed by atoms with Crippen molar-refractivity contribution in [3.63, 3.8) is 0 Å². The van der Waals surface area contributed by atoms with E-state index in [1.807, 2.05) is 6.92 Å². The summed E-state index contributed by atoms with van der Waals surface area (Å²) in [5.41, 5.74) is -0.551. The van der Waals surface area contributed by atoms with Crippen LogP contribution in [0.1, 0.15) is 46.5 Å². The Kier molecular flexibility index (Phi) is 4.68. The van der Waals surface area contributed by atoms with E-state index in [9.17, 15) is 5.11 Å². The van der Waals surface area contributed by atoms with Gasteiger partial charge in [-0.25, -0.2) is 0 Å². The lowest BCUT2D eigenvalue weighted by Crippen LogP contribution is -2.48. The molecule has 0 amide bonds. The van der Waals surface area contributed by atoms with E-state index in [1.165, 1.54) is 38.8 Å². The van der Waals surface area contributed by atoms with Gasteiger partial charge >= 0.3 is 0 Å². The first-order chi connectivity index (χ1) is 8.49. The Balaban J connectivity index is 1.87. The minimum Gasteiger partial charge on any atom is -0.389 e. The van der Waals surface area contributed by atoms with E-state index in [1.54, 1.807) is 0 Å². The highest BCUT2D eigenvalue weighted by molar-refractivity contribution is 4.91. The molecular formula is C15H30N2O. The quantitative estimate of drug-likeness (QED) is 0.759. The molecule has 0 bridgehead atoms. The highest BCUT2D eigenvalue weighted by atomic mass is 16.3. The SMILES string of the molecule is CC(C)C(C)(O)CN(CC1CCCNC1)C1CC1. The molecule has 2 unspecified atom stereocenters. The molecule has 1 aliphatic carbocycles. The van der Waals surface area contributed by atoms with Gasteiger partial charge in [0, 0.05) is 19.1 Å². The van der Waals surface area contributed by atoms with Gasteiger partial charge in [0.1, 0.15) is 0 Å². The predicted molar refractivity (Wildman–Crippen MR) is 75.7 cm³/mol. The molecule has 2 aliphatic rings. The van der Waals surface area contributed by atoms with Gasteiger partial charge in [0.2, 0.25) is 0 Å². The minimum atomic E-state index is -0.551. The molecule has 2 fully saturated rings. The van der Waals surface area contributed by atoms with Crippen LogP contribution in [0.4, 0.5) is 0 Å². The van der Waals surface area contributed by atoms with E-state index < -0.39 is 5.60 Å². The van der Waals surface area contributed by atoms with Crippen LogP contribution in [-0.2, 0) is 0 Å². The number of piperidine rings is 1. The van der Waals surface area contributed by atoms with E-state index in [4.69, 9.17) is 0 Å². The summed E-state index contributed by atoms with van der Waals surface area (Å²) in [7, 11) is 0. The van der Waals surface area contributed by atoms with Gasteiger partial charge in [-0.15, -0.1) is 0 Å². The fourth-order valence-electron chi connectivity index (χ4n) is 2.79. The topological polar surface area (TPSA) is 35.5 Å². The second kappa shape index (κ2) is 5.89. The fourth-order valence-corrected chi connectivity index (χ4v) is 2.79. The van der Waals surface area contributed by atoms with Crippen molar-refractivity contribution in [2.45, 2.75) is 58.1 Å². The summed E-state index contributed by atoms with van der Waals surface area (Å²) in [6.07, 6.45) is 5.31. The minimum absolute atomic E-state index is 0.322. The predicted octanol–water partition coefficient (Wildman–Crippen LogP) is 1.86. The molecule has 1 saturated heterocycles. The molecule has 0 aromatic carbocycles. The fraction of sp³-hybridized carbons (Fsp3) is 1.00. The van der Waals surface area contributed by atoms with E-state index >= 15 is 0 Å². The zero-order chi connectivity index (χ0) is 13.2. The first-order valence-electron chi connectivity index (χ1n) is 7.66. The van der Waals surface area contributed by atoms with Gasteiger partial charge in [0.25, 0.3) is 0 Å². The number of rotatable bonds is 6. The Labute approximate surface area is 112 Å². The molecule has 2 rings (SSSR count). The van der Waals surface area contributed by atoms with Crippen molar-refractivity contribution < 1.29 is 5.11 Å². The Morgan fingerprint density at radius 2 is 2.06 bits per heavy atom. The second-order valence-electron chi connectivity index (χ2n) is 6.88. The molecule has 0 aromatic heterocycles. The van der Waals surface area contributed by atoms with Crippen LogP contribution in [0.2, 0.25) is 0 Å². The molecule has 0 aromatic rings. The number of hydrogen-bond acceptors (Lipinski definition) is 3. The lowest BCUT2D eigenvalue weighted by molar-refractivity contribution is -0.0249. The molecule has 2 N–H and O–H groups in total. The van der Waals surface area contributed by atoms with Crippen molar-refractivity contribution in [2.24, 2.45) is 11.8 Å². The number of hydrogen-bond donors (Lipinski definition) is 2. The number of nitrogens with zero attached hydrogens (tertiary/aromatic N) is 1. The molecule has 106 valence electrons. The smallest absolute Gasteiger partial charge is 0.0768 e. The van der Waals surface area contributed by atoms with Gasteiger partial charge in [-0.2, -0.15) is 0 Å². The lowest BCUT2D eigenvalue weighted by atomic mass is 9.91. The summed E-state index contributed by atoms with van der Waals surface area (Å²) in [6.45, 7) is 10.6. The van der Waals surface area contributed by atoms with Crippen molar-refractivity contribution in [2.75, 3.05) is 26.2 Å². The third-order valence-corrected chi connectivity index (χ3v) is 4.72. The van der Waals surface area contributed by atoms with Crippen LogP contribution in [0.15, 0.2) is 0 Å². The first kappa shape index (κ1) is 14.3. The van der Waals surface area contributed by atoms with Gasteiger partial charge in [0.15, 0.2) is 0 Å². The summed E-state index contributed by atoms with van der Waals surface area (Å²) in [5.74, 6) is 1.10. The molecule has 2 atom stereocenters. The summed E-state index contributed by atoms with van der Waals surface area (Å²) < 4.78 is 0. The summed E-state index contributed by atoms with van der Waals surface area (Å²) in [5, 5.41) is 14.0. The molecule has 1 saturated carbocycles. The average Bonchev–Trinajstić information content (AvgIpc) is 3.13. The molecule has 0 radical (unpaired) electrons. The summed E-state index contributed by atoms with van der Waals surface area (Å²) in [6, 6.07) is 0.747. The molecule has 1 aliphatic heterocycles. The van der Waals surface area contributed by atoms with E-state index in [0.29, 0.717) is 5.92 Å². The van der Waals surface area contributed by atoms with Crippen molar-refractivity contribution in [3.05, 3.63) is 0 Å². The van der Waals surface area contributed by atoms with Crippen LogP contribution in [0.5, 0.6) is 0 Å². The largest absolute Gasteiger partial charge is 0.389 e. The van der Waals surface area contributed by atoms with Crippen molar-refractivity contribution >= 4 is 0 Å². The van der Waals surface area contributed by atoms with Crippen LogP contribution in [-0.4, -0.2) is 47.8 Å². The van der Waals surface area contributed by atoms with Crippen LogP contribution in [0.25, 0.3) is 0 Å². The van der Waals surface area contributed by atoms with Gasteiger partial charge in [-0.3, -0.25) is 4.90 Å². The Morgan fingerprint density at radius 1 is 1.33 bits per heavy atom. The zero-order valence-corrected chi connectivity index (χ0v) is 12.3. The van der Waals surface area contributed by atoms with Gasteiger partial charge in [0.05, 0.1) is 5.60 Å². The van der Waals surface area contributed by atoms with Crippen molar-refractivity contribution in [1.29, 1.82) is 0 Å². The third-order valence-electron chi connectivity index (χ3n) is 4.72. The highest BCUT2D eigenvalue weighted by Gasteiger charge is 2.36. The highest BCUT2D eigenvalue weighted by Crippen LogP contribution is 2.31. The number of aliphatic hydroxyl groups is 1. The van der Waals surface area contributed by atoms with Crippen LogP contribution >= 0.6 is 0 Å². The molecule has 3 heteroatoms. The second-order valence-corrected chi connectivity index (χ2v) is 6.88. The van der Waals surface area contributed by atoms with E-state index in [0.717, 1.165) is 25.0 Å². The molecular weight excluding hydrogens is 224 g/mol. The van der Waals surface area contributed by atoms with Crippen LogP contribution in [0.3, 0.4) is 0 Å². The Bertz CT molecular complexity index is 255. The van der Waals surface area contributed by atoms with Crippen LogP contribution in [0, 0.1) is 11.8 Å². The molecule has 3 nitrogen and oxygen atoms in total. The van der Waals surface area contributed by atoms with Crippen LogP contribution < -0.4 is 5.32 Å². The number of nitrogens with one attached hydrogen (secondary N) is 1. The molecule has 0 spiro atoms. The van der Waals surface area contributed by atoms with Gasteiger partial charge < -0.3 is 10.4 Å². The monoisotopic (exact) mass is 254 g/mol. The van der Waals surface area contributed by atoms with E-state index in [2.05, 4.69) is 24.1 Å². The zero-order valence-electron chi connectivity index (χ0n) is 12.3. The van der Waals surface area contributed by atoms with E-state index in [-0.39, 0.29) is 0 Å². The molecule has 1 heterocycles. The maximum absolute atomic E-state index is 10.5. The first-order valence-corrected chi connectivity index (χ1v) is 7.66. The Hall–Kier alpha value is -0.120. The Morgan fingerprint density at radius 3 is 2.56 bits per heavy atom. The lowest BCUT2D eigenvalue weighted by Gasteiger charge is -2.37. The van der Waals surface area contributed by atoms with Gasteiger partial charge in [-0.1, -0.05) is 13.8 Å². The summed E-state index contributed by atoms with van der Waals surface area (Å²) >= 11 is 0. The third kappa shape index (κ3) is 3.94. The van der Waals surface area contributed by atoms with Gasteiger partial charge in [-0.05, 0) is 57.5 Å².